The third kappa shape index (κ3) is 5.69. The summed E-state index contributed by atoms with van der Waals surface area (Å²) in [5.74, 6) is 2.97. The summed E-state index contributed by atoms with van der Waals surface area (Å²) in [7, 11) is 0. The number of aryl methyl sites for hydroxylation is 1. The highest BCUT2D eigenvalue weighted by molar-refractivity contribution is 5.98. The molecular formula is C26H31N3O4. The van der Waals surface area contributed by atoms with E-state index in [-0.39, 0.29) is 17.7 Å². The minimum absolute atomic E-state index is 0.0336. The number of ether oxygens (including phenoxy) is 1. The molecule has 1 amide bonds. The number of hydrogen-bond donors (Lipinski definition) is 1. The van der Waals surface area contributed by atoms with Crippen molar-refractivity contribution in [2.75, 3.05) is 44.6 Å². The van der Waals surface area contributed by atoms with Crippen molar-refractivity contribution in [3.8, 4) is 0 Å². The van der Waals surface area contributed by atoms with Crippen LogP contribution in [-0.2, 0) is 20.7 Å². The second-order valence-corrected chi connectivity index (χ2v) is 8.67. The fourth-order valence-corrected chi connectivity index (χ4v) is 4.67. The van der Waals surface area contributed by atoms with Crippen molar-refractivity contribution in [3.05, 3.63) is 58.9 Å². The molecule has 1 N–H and O–H groups in total. The summed E-state index contributed by atoms with van der Waals surface area (Å²) < 4.78 is 5.50. The molecule has 1 aromatic rings. The molecule has 2 aliphatic heterocycles. The van der Waals surface area contributed by atoms with Crippen molar-refractivity contribution in [2.24, 2.45) is 0 Å². The molecule has 7 heteroatoms. The Kier molecular flexibility index (Phi) is 7.55. The number of ketones is 1. The summed E-state index contributed by atoms with van der Waals surface area (Å²) in [4.78, 5) is 40.3. The molecule has 0 bridgehead atoms. The first kappa shape index (κ1) is 23.2. The van der Waals surface area contributed by atoms with Crippen LogP contribution in [0.4, 0.5) is 5.69 Å². The second kappa shape index (κ2) is 10.8. The van der Waals surface area contributed by atoms with Crippen molar-refractivity contribution in [3.63, 3.8) is 0 Å². The van der Waals surface area contributed by atoms with E-state index in [0.717, 1.165) is 56.0 Å². The zero-order chi connectivity index (χ0) is 23.2. The highest BCUT2D eigenvalue weighted by atomic mass is 16.5. The van der Waals surface area contributed by atoms with E-state index >= 15 is 0 Å². The average Bonchev–Trinajstić information content (AvgIpc) is 2.84. The molecule has 1 aromatic carbocycles. The highest BCUT2D eigenvalue weighted by Crippen LogP contribution is 2.25. The van der Waals surface area contributed by atoms with Crippen LogP contribution in [0, 0.1) is 0 Å². The number of fused-ring (bicyclic) bond motifs is 1. The molecule has 0 spiro atoms. The Hall–Kier alpha value is -2.99. The Morgan fingerprint density at radius 1 is 1.21 bits per heavy atom. The maximum atomic E-state index is 12.7. The summed E-state index contributed by atoms with van der Waals surface area (Å²) in [5, 5.41) is 2.86. The molecule has 4 rings (SSSR count). The van der Waals surface area contributed by atoms with Gasteiger partial charge in [0.25, 0.3) is 0 Å². The van der Waals surface area contributed by atoms with Gasteiger partial charge in [0.1, 0.15) is 11.7 Å². The van der Waals surface area contributed by atoms with E-state index < -0.39 is 0 Å². The number of piperazine rings is 1. The monoisotopic (exact) mass is 449 g/mol. The number of Topliss-reactive ketones (excluding diaryl/α,β-unsaturated/α-hetero) is 1. The number of nitrogens with zero attached hydrogens (tertiary/aromatic N) is 2. The zero-order valence-electron chi connectivity index (χ0n) is 19.1. The molecule has 1 saturated heterocycles. The van der Waals surface area contributed by atoms with Crippen LogP contribution in [0.2, 0.25) is 0 Å². The van der Waals surface area contributed by atoms with E-state index in [1.807, 2.05) is 37.3 Å². The number of allylic oxidation sites excluding steroid dienone is 1. The van der Waals surface area contributed by atoms with E-state index in [4.69, 9.17) is 4.74 Å². The molecule has 0 aromatic heterocycles. The molecule has 1 aliphatic carbocycles. The molecular weight excluding hydrogens is 418 g/mol. The summed E-state index contributed by atoms with van der Waals surface area (Å²) in [6.07, 6.45) is 8.22. The summed E-state index contributed by atoms with van der Waals surface area (Å²) in [5.41, 5.74) is 3.21. The van der Waals surface area contributed by atoms with Crippen LogP contribution in [0.3, 0.4) is 0 Å². The fourth-order valence-electron chi connectivity index (χ4n) is 4.67. The van der Waals surface area contributed by atoms with E-state index in [2.05, 4.69) is 21.1 Å². The second-order valence-electron chi connectivity index (χ2n) is 8.67. The minimum Gasteiger partial charge on any atom is -0.494 e. The lowest BCUT2D eigenvalue weighted by atomic mass is 9.97. The van der Waals surface area contributed by atoms with Gasteiger partial charge in [-0.2, -0.15) is 0 Å². The number of rotatable bonds is 8. The third-order valence-corrected chi connectivity index (χ3v) is 6.49. The van der Waals surface area contributed by atoms with Gasteiger partial charge >= 0.3 is 0 Å². The SMILES string of the molecule is CCOC1=CC(=C=O)C(N2CCN(CCCC(=O)c3ccc4c(c3)CCC(=O)N4)CC2)C=C1. The lowest BCUT2D eigenvalue weighted by Crippen LogP contribution is -2.50. The van der Waals surface area contributed by atoms with Crippen LogP contribution < -0.4 is 5.32 Å². The van der Waals surface area contributed by atoms with Gasteiger partial charge in [0, 0.05) is 50.3 Å². The van der Waals surface area contributed by atoms with Gasteiger partial charge in [0.05, 0.1) is 18.2 Å². The molecule has 0 radical (unpaired) electrons. The van der Waals surface area contributed by atoms with Gasteiger partial charge in [-0.3, -0.25) is 14.5 Å². The molecule has 0 saturated carbocycles. The van der Waals surface area contributed by atoms with Gasteiger partial charge in [-0.15, -0.1) is 0 Å². The number of benzene rings is 1. The summed E-state index contributed by atoms with van der Waals surface area (Å²) >= 11 is 0. The van der Waals surface area contributed by atoms with Gasteiger partial charge in [-0.05, 0) is 62.2 Å². The Bertz CT molecular complexity index is 1010. The molecule has 174 valence electrons. The van der Waals surface area contributed by atoms with Crippen LogP contribution in [0.5, 0.6) is 0 Å². The Labute approximate surface area is 194 Å². The lowest BCUT2D eigenvalue weighted by Gasteiger charge is -2.38. The fraction of sp³-hybridized carbons (Fsp3) is 0.462. The van der Waals surface area contributed by atoms with Gasteiger partial charge < -0.3 is 15.0 Å². The Morgan fingerprint density at radius 2 is 2.03 bits per heavy atom. The zero-order valence-corrected chi connectivity index (χ0v) is 19.1. The number of anilines is 1. The van der Waals surface area contributed by atoms with Gasteiger partial charge in [-0.1, -0.05) is 6.08 Å². The maximum Gasteiger partial charge on any atom is 0.224 e. The minimum atomic E-state index is -0.0516. The van der Waals surface area contributed by atoms with E-state index in [9.17, 15) is 14.4 Å². The van der Waals surface area contributed by atoms with Crippen LogP contribution >= 0.6 is 0 Å². The largest absolute Gasteiger partial charge is 0.494 e. The van der Waals surface area contributed by atoms with Crippen molar-refractivity contribution in [1.82, 2.24) is 9.80 Å². The first-order chi connectivity index (χ1) is 16.1. The maximum absolute atomic E-state index is 12.7. The Balaban J connectivity index is 1.22. The highest BCUT2D eigenvalue weighted by Gasteiger charge is 2.27. The summed E-state index contributed by atoms with van der Waals surface area (Å²) in [6, 6.07) is 5.53. The topological polar surface area (TPSA) is 79.0 Å². The standard InChI is InChI=1S/C26H31N3O4/c1-2-33-22-7-9-24(21(17-22)18-30)29-14-12-28(13-15-29)11-3-4-25(31)20-5-8-23-19(16-20)6-10-26(32)27-23/h5,7-9,16-17,24H,2-4,6,10-15H2,1H3,(H,27,32). The first-order valence-electron chi connectivity index (χ1n) is 11.8. The van der Waals surface area contributed by atoms with Crippen molar-refractivity contribution in [2.45, 2.75) is 38.6 Å². The predicted octanol–water partition coefficient (Wildman–Crippen LogP) is 2.77. The normalized spacial score (nSPS) is 21.1. The van der Waals surface area contributed by atoms with Crippen LogP contribution in [-0.4, -0.2) is 72.8 Å². The average molecular weight is 450 g/mol. The quantitative estimate of drug-likeness (QED) is 0.486. The number of hydrogen-bond acceptors (Lipinski definition) is 6. The van der Waals surface area contributed by atoms with Crippen molar-refractivity contribution >= 4 is 23.3 Å². The predicted molar refractivity (Wildman–Crippen MR) is 127 cm³/mol. The molecule has 2 heterocycles. The van der Waals surface area contributed by atoms with Crippen LogP contribution in [0.15, 0.2) is 47.8 Å². The molecule has 33 heavy (non-hydrogen) atoms. The van der Waals surface area contributed by atoms with E-state index in [1.54, 1.807) is 6.08 Å². The van der Waals surface area contributed by atoms with Crippen molar-refractivity contribution in [1.29, 1.82) is 0 Å². The lowest BCUT2D eigenvalue weighted by molar-refractivity contribution is -0.116. The molecule has 1 fully saturated rings. The van der Waals surface area contributed by atoms with Crippen molar-refractivity contribution < 1.29 is 19.1 Å². The van der Waals surface area contributed by atoms with E-state index in [0.29, 0.717) is 37.2 Å². The number of nitrogens with one attached hydrogen (secondary N) is 1. The van der Waals surface area contributed by atoms with Gasteiger partial charge in [0.15, 0.2) is 5.78 Å². The van der Waals surface area contributed by atoms with E-state index in [1.165, 1.54) is 0 Å². The molecule has 1 atom stereocenters. The van der Waals surface area contributed by atoms with Gasteiger partial charge in [-0.25, -0.2) is 4.79 Å². The van der Waals surface area contributed by atoms with Crippen LogP contribution in [0.1, 0.15) is 42.1 Å². The van der Waals surface area contributed by atoms with Gasteiger partial charge in [0.2, 0.25) is 5.91 Å². The molecule has 3 aliphatic rings. The number of carbonyl (C=O) groups is 2. The van der Waals surface area contributed by atoms with Crippen LogP contribution in [0.25, 0.3) is 0 Å². The third-order valence-electron chi connectivity index (χ3n) is 6.49. The molecule has 7 nitrogen and oxygen atoms in total. The Morgan fingerprint density at radius 3 is 2.79 bits per heavy atom. The first-order valence-corrected chi connectivity index (χ1v) is 11.8. The number of carbonyl (C=O) groups excluding carboxylic acids is 3. The summed E-state index contributed by atoms with van der Waals surface area (Å²) in [6.45, 7) is 6.91. The number of amides is 1. The molecule has 1 unspecified atom stereocenters. The smallest absolute Gasteiger partial charge is 0.224 e.